The predicted molar refractivity (Wildman–Crippen MR) is 105 cm³/mol. The van der Waals surface area contributed by atoms with Gasteiger partial charge in [-0.15, -0.1) is 11.3 Å². The molecular weight excluding hydrogens is 408 g/mol. The number of nitrogens with two attached hydrogens (primary N) is 1. The fraction of sp³-hybridized carbons (Fsp3) is 0.235. The number of carbonyl (C=O) groups is 1. The highest BCUT2D eigenvalue weighted by molar-refractivity contribution is 7.20. The normalized spacial score (nSPS) is 10.8. The van der Waals surface area contributed by atoms with Gasteiger partial charge in [-0.05, 0) is 25.5 Å². The number of nitrogen functional groups attached to an aromatic ring is 1. The molecule has 3 aromatic rings. The van der Waals surface area contributed by atoms with E-state index in [0.717, 1.165) is 0 Å². The number of hydrogen-bond donors (Lipinski definition) is 1. The zero-order chi connectivity index (χ0) is 20.4. The maximum atomic E-state index is 12.1. The molecule has 0 aliphatic carbocycles. The number of aromatic nitrogens is 2. The van der Waals surface area contributed by atoms with Gasteiger partial charge in [0.25, 0.3) is 5.69 Å². The summed E-state index contributed by atoms with van der Waals surface area (Å²) in [6.45, 7) is 3.71. The van der Waals surface area contributed by atoms with Crippen molar-refractivity contribution >= 4 is 50.6 Å². The summed E-state index contributed by atoms with van der Waals surface area (Å²) in [4.78, 5) is 31.9. The van der Waals surface area contributed by atoms with Crippen molar-refractivity contribution < 1.29 is 19.2 Å². The molecule has 2 N–H and O–H groups in total. The number of anilines is 1. The highest BCUT2D eigenvalue weighted by Gasteiger charge is 2.20. The lowest BCUT2D eigenvalue weighted by molar-refractivity contribution is -0.384. The number of non-ortho nitro benzene ring substituents is 1. The number of halogens is 1. The largest absolute Gasteiger partial charge is 0.484 e. The van der Waals surface area contributed by atoms with E-state index in [-0.39, 0.29) is 41.3 Å². The van der Waals surface area contributed by atoms with Crippen LogP contribution in [0.25, 0.3) is 10.2 Å². The number of nitro groups is 1. The summed E-state index contributed by atoms with van der Waals surface area (Å²) >= 11 is 7.18. The van der Waals surface area contributed by atoms with Crippen LogP contribution in [0.1, 0.15) is 28.0 Å². The van der Waals surface area contributed by atoms with E-state index in [9.17, 15) is 14.9 Å². The van der Waals surface area contributed by atoms with Crippen LogP contribution in [0.5, 0.6) is 5.75 Å². The Labute approximate surface area is 168 Å². The summed E-state index contributed by atoms with van der Waals surface area (Å²) < 4.78 is 10.6. The number of nitrogens with zero attached hydrogens (tertiary/aromatic N) is 3. The number of hydrogen-bond acceptors (Lipinski definition) is 9. The van der Waals surface area contributed by atoms with Gasteiger partial charge < -0.3 is 15.2 Å². The first-order chi connectivity index (χ1) is 13.3. The standard InChI is InChI=1S/C17H15ClN4O5S/c1-3-26-17(23)14-8(2)13-15(19)20-12(21-16(13)28-14)7-27-11-5-4-9(22(24)25)6-10(11)18/h4-6H,3,7H2,1-2H3,(H2,19,20,21). The molecule has 0 bridgehead atoms. The number of thiophene rings is 1. The summed E-state index contributed by atoms with van der Waals surface area (Å²) in [5, 5.41) is 11.5. The van der Waals surface area contributed by atoms with Crippen molar-refractivity contribution in [2.75, 3.05) is 12.3 Å². The van der Waals surface area contributed by atoms with Crippen molar-refractivity contribution in [2.24, 2.45) is 0 Å². The van der Waals surface area contributed by atoms with Gasteiger partial charge >= 0.3 is 5.97 Å². The van der Waals surface area contributed by atoms with E-state index in [1.54, 1.807) is 13.8 Å². The lowest BCUT2D eigenvalue weighted by Gasteiger charge is -2.08. The van der Waals surface area contributed by atoms with Crippen molar-refractivity contribution in [3.63, 3.8) is 0 Å². The molecule has 2 aromatic heterocycles. The molecule has 28 heavy (non-hydrogen) atoms. The van der Waals surface area contributed by atoms with E-state index < -0.39 is 10.9 Å². The summed E-state index contributed by atoms with van der Waals surface area (Å²) in [6, 6.07) is 3.88. The van der Waals surface area contributed by atoms with Crippen LogP contribution in [0.4, 0.5) is 11.5 Å². The Balaban J connectivity index is 1.86. The number of ether oxygens (including phenoxy) is 2. The van der Waals surface area contributed by atoms with Gasteiger partial charge in [0.15, 0.2) is 5.82 Å². The number of carbonyl (C=O) groups excluding carboxylic acids is 1. The van der Waals surface area contributed by atoms with Crippen molar-refractivity contribution in [2.45, 2.75) is 20.5 Å². The predicted octanol–water partition coefficient (Wildman–Crippen LogP) is 3.90. The maximum Gasteiger partial charge on any atom is 0.348 e. The zero-order valence-electron chi connectivity index (χ0n) is 14.9. The monoisotopic (exact) mass is 422 g/mol. The van der Waals surface area contributed by atoms with Gasteiger partial charge in [-0.1, -0.05) is 11.6 Å². The Morgan fingerprint density at radius 3 is 2.79 bits per heavy atom. The minimum atomic E-state index is -0.548. The van der Waals surface area contributed by atoms with Crippen molar-refractivity contribution in [3.05, 3.63) is 49.6 Å². The van der Waals surface area contributed by atoms with Crippen molar-refractivity contribution in [1.82, 2.24) is 9.97 Å². The summed E-state index contributed by atoms with van der Waals surface area (Å²) in [6.07, 6.45) is 0. The molecule has 0 saturated carbocycles. The first-order valence-electron chi connectivity index (χ1n) is 8.11. The smallest absolute Gasteiger partial charge is 0.348 e. The van der Waals surface area contributed by atoms with E-state index in [2.05, 4.69) is 9.97 Å². The first kappa shape index (κ1) is 19.8. The summed E-state index contributed by atoms with van der Waals surface area (Å²) in [5.74, 6) is 0.334. The van der Waals surface area contributed by atoms with Crippen LogP contribution < -0.4 is 10.5 Å². The molecule has 0 radical (unpaired) electrons. The summed E-state index contributed by atoms with van der Waals surface area (Å²) in [7, 11) is 0. The van der Waals surface area contributed by atoms with Crippen LogP contribution in [0.3, 0.4) is 0 Å². The average Bonchev–Trinajstić information content (AvgIpc) is 2.98. The van der Waals surface area contributed by atoms with Crippen LogP contribution in [0.2, 0.25) is 5.02 Å². The van der Waals surface area contributed by atoms with Crippen LogP contribution in [0, 0.1) is 17.0 Å². The van der Waals surface area contributed by atoms with Crippen LogP contribution in [-0.2, 0) is 11.3 Å². The zero-order valence-corrected chi connectivity index (χ0v) is 16.5. The molecule has 3 rings (SSSR count). The Morgan fingerprint density at radius 2 is 2.14 bits per heavy atom. The van der Waals surface area contributed by atoms with Crippen LogP contribution in [-0.4, -0.2) is 27.5 Å². The SMILES string of the molecule is CCOC(=O)c1sc2nc(COc3ccc([N+](=O)[O-])cc3Cl)nc(N)c2c1C. The molecule has 0 aliphatic rings. The first-order valence-corrected chi connectivity index (χ1v) is 9.30. The molecule has 11 heteroatoms. The average molecular weight is 423 g/mol. The van der Waals surface area contributed by atoms with Crippen molar-refractivity contribution in [1.29, 1.82) is 0 Å². The highest BCUT2D eigenvalue weighted by Crippen LogP contribution is 2.34. The van der Waals surface area contributed by atoms with E-state index in [4.69, 9.17) is 26.8 Å². The molecular formula is C17H15ClN4O5S. The van der Waals surface area contributed by atoms with Gasteiger partial charge in [-0.3, -0.25) is 10.1 Å². The number of fused-ring (bicyclic) bond motifs is 1. The molecule has 2 heterocycles. The Kier molecular flexibility index (Phi) is 5.61. The van der Waals surface area contributed by atoms with Crippen LogP contribution >= 0.6 is 22.9 Å². The Bertz CT molecular complexity index is 1090. The number of esters is 1. The van der Waals surface area contributed by atoms with Gasteiger partial charge in [0.1, 0.15) is 27.9 Å². The van der Waals surface area contributed by atoms with E-state index in [0.29, 0.717) is 20.7 Å². The van der Waals surface area contributed by atoms with Gasteiger partial charge in [-0.2, -0.15) is 0 Å². The number of benzene rings is 1. The molecule has 0 aliphatic heterocycles. The highest BCUT2D eigenvalue weighted by atomic mass is 35.5. The third kappa shape index (κ3) is 3.82. The van der Waals surface area contributed by atoms with E-state index in [1.807, 2.05) is 0 Å². The van der Waals surface area contributed by atoms with Crippen LogP contribution in [0.15, 0.2) is 18.2 Å². The maximum absolute atomic E-state index is 12.1. The number of nitro benzene ring substituents is 1. The van der Waals surface area contributed by atoms with E-state index >= 15 is 0 Å². The molecule has 0 unspecified atom stereocenters. The molecule has 1 aromatic carbocycles. The third-order valence-electron chi connectivity index (χ3n) is 3.81. The fourth-order valence-electron chi connectivity index (χ4n) is 2.53. The lowest BCUT2D eigenvalue weighted by Crippen LogP contribution is -2.05. The second-order valence-electron chi connectivity index (χ2n) is 5.64. The van der Waals surface area contributed by atoms with Gasteiger partial charge in [0.05, 0.1) is 21.9 Å². The van der Waals surface area contributed by atoms with Crippen molar-refractivity contribution in [3.8, 4) is 5.75 Å². The Hall–Kier alpha value is -2.98. The lowest BCUT2D eigenvalue weighted by atomic mass is 10.2. The molecule has 9 nitrogen and oxygen atoms in total. The second kappa shape index (κ2) is 7.95. The quantitative estimate of drug-likeness (QED) is 0.359. The topological polar surface area (TPSA) is 130 Å². The number of rotatable bonds is 6. The van der Waals surface area contributed by atoms with E-state index in [1.165, 1.54) is 29.5 Å². The van der Waals surface area contributed by atoms with Gasteiger partial charge in [-0.25, -0.2) is 14.8 Å². The van der Waals surface area contributed by atoms with Gasteiger partial charge in [0.2, 0.25) is 0 Å². The summed E-state index contributed by atoms with van der Waals surface area (Å²) in [5.41, 5.74) is 6.57. The second-order valence-corrected chi connectivity index (χ2v) is 7.05. The molecule has 146 valence electrons. The minimum absolute atomic E-state index is 0.0522. The molecule has 0 amide bonds. The number of aryl methyl sites for hydroxylation is 1. The fourth-order valence-corrected chi connectivity index (χ4v) is 3.87. The molecule has 0 atom stereocenters. The van der Waals surface area contributed by atoms with Gasteiger partial charge in [0, 0.05) is 12.1 Å². The molecule has 0 spiro atoms. The minimum Gasteiger partial charge on any atom is -0.484 e. The third-order valence-corrected chi connectivity index (χ3v) is 5.27. The Morgan fingerprint density at radius 1 is 1.39 bits per heavy atom. The molecule has 0 saturated heterocycles. The molecule has 0 fully saturated rings.